The molecule has 1 atom stereocenters. The van der Waals surface area contributed by atoms with Crippen molar-refractivity contribution >= 4 is 20.0 Å². The van der Waals surface area contributed by atoms with Gasteiger partial charge in [0, 0.05) is 26.2 Å². The Bertz CT molecular complexity index is 780. The molecule has 2 aliphatic rings. The molecule has 1 aromatic rings. The van der Waals surface area contributed by atoms with Crippen LogP contribution in [0.4, 0.5) is 0 Å². The molecule has 0 bridgehead atoms. The lowest BCUT2D eigenvalue weighted by molar-refractivity contribution is 0.0730. The van der Waals surface area contributed by atoms with Crippen molar-refractivity contribution in [3.63, 3.8) is 0 Å². The summed E-state index contributed by atoms with van der Waals surface area (Å²) in [4.78, 5) is 0.110. The Labute approximate surface area is 148 Å². The summed E-state index contributed by atoms with van der Waals surface area (Å²) < 4.78 is 64.1. The van der Waals surface area contributed by atoms with Crippen molar-refractivity contribution in [3.8, 4) is 0 Å². The van der Waals surface area contributed by atoms with Crippen LogP contribution < -0.4 is 4.72 Å². The van der Waals surface area contributed by atoms with Crippen molar-refractivity contribution in [2.75, 3.05) is 39.5 Å². The van der Waals surface area contributed by atoms with E-state index in [1.54, 1.807) is 0 Å². The van der Waals surface area contributed by atoms with Crippen molar-refractivity contribution in [2.45, 2.75) is 28.7 Å². The van der Waals surface area contributed by atoms with Crippen LogP contribution in [-0.2, 0) is 29.5 Å². The predicted octanol–water partition coefficient (Wildman–Crippen LogP) is 0.165. The fourth-order valence-corrected chi connectivity index (χ4v) is 5.29. The number of nitrogens with zero attached hydrogens (tertiary/aromatic N) is 1. The van der Waals surface area contributed by atoms with E-state index in [0.29, 0.717) is 32.9 Å². The predicted molar refractivity (Wildman–Crippen MR) is 90.2 cm³/mol. The van der Waals surface area contributed by atoms with E-state index in [4.69, 9.17) is 9.47 Å². The Morgan fingerprint density at radius 1 is 1.00 bits per heavy atom. The summed E-state index contributed by atoms with van der Waals surface area (Å²) in [5.74, 6) is 0. The molecule has 140 valence electrons. The maximum atomic E-state index is 12.5. The van der Waals surface area contributed by atoms with Gasteiger partial charge in [0.15, 0.2) is 0 Å². The first-order chi connectivity index (χ1) is 11.9. The SMILES string of the molecule is O=S(=O)(NCC1CCCO1)c1ccc(S(=O)(=O)N2CCOCC2)cc1. The van der Waals surface area contributed by atoms with Gasteiger partial charge in [0.05, 0.1) is 29.1 Å². The first-order valence-electron chi connectivity index (χ1n) is 8.19. The minimum atomic E-state index is -3.69. The van der Waals surface area contributed by atoms with E-state index in [2.05, 4.69) is 4.72 Å². The van der Waals surface area contributed by atoms with Crippen molar-refractivity contribution < 1.29 is 26.3 Å². The summed E-state index contributed by atoms with van der Waals surface area (Å²) in [7, 11) is -7.32. The van der Waals surface area contributed by atoms with Gasteiger partial charge in [-0.1, -0.05) is 0 Å². The Balaban J connectivity index is 1.70. The third kappa shape index (κ3) is 4.39. The van der Waals surface area contributed by atoms with Gasteiger partial charge in [-0.25, -0.2) is 21.6 Å². The minimum Gasteiger partial charge on any atom is -0.379 e. The Morgan fingerprint density at radius 2 is 1.64 bits per heavy atom. The highest BCUT2D eigenvalue weighted by molar-refractivity contribution is 7.89. The number of hydrogen-bond acceptors (Lipinski definition) is 6. The van der Waals surface area contributed by atoms with Gasteiger partial charge in [-0.2, -0.15) is 4.31 Å². The monoisotopic (exact) mass is 390 g/mol. The highest BCUT2D eigenvalue weighted by Crippen LogP contribution is 2.20. The molecule has 0 spiro atoms. The van der Waals surface area contributed by atoms with Crippen LogP contribution in [0.5, 0.6) is 0 Å². The van der Waals surface area contributed by atoms with Crippen LogP contribution in [0.25, 0.3) is 0 Å². The van der Waals surface area contributed by atoms with Crippen molar-refractivity contribution in [1.82, 2.24) is 9.03 Å². The maximum Gasteiger partial charge on any atom is 0.243 e. The summed E-state index contributed by atoms with van der Waals surface area (Å²) in [6, 6.07) is 5.27. The molecule has 2 saturated heterocycles. The van der Waals surface area contributed by atoms with Gasteiger partial charge in [-0.15, -0.1) is 0 Å². The van der Waals surface area contributed by atoms with E-state index >= 15 is 0 Å². The minimum absolute atomic E-state index is 0.0337. The van der Waals surface area contributed by atoms with Crippen molar-refractivity contribution in [2.24, 2.45) is 0 Å². The summed E-state index contributed by atoms with van der Waals surface area (Å²) in [5, 5.41) is 0. The molecule has 10 heteroatoms. The van der Waals surface area contributed by atoms with Gasteiger partial charge < -0.3 is 9.47 Å². The molecule has 2 fully saturated rings. The fraction of sp³-hybridized carbons (Fsp3) is 0.600. The van der Waals surface area contributed by atoms with E-state index in [1.807, 2.05) is 0 Å². The average Bonchev–Trinajstić information content (AvgIpc) is 3.15. The largest absolute Gasteiger partial charge is 0.379 e. The van der Waals surface area contributed by atoms with E-state index in [0.717, 1.165) is 12.8 Å². The Hall–Kier alpha value is -1.04. The van der Waals surface area contributed by atoms with Crippen LogP contribution in [0.15, 0.2) is 34.1 Å². The van der Waals surface area contributed by atoms with Crippen LogP contribution in [0, 0.1) is 0 Å². The lowest BCUT2D eigenvalue weighted by atomic mass is 10.2. The van der Waals surface area contributed by atoms with E-state index in [1.165, 1.54) is 28.6 Å². The second-order valence-electron chi connectivity index (χ2n) is 5.97. The topological polar surface area (TPSA) is 102 Å². The number of ether oxygens (including phenoxy) is 2. The molecule has 0 aromatic heterocycles. The van der Waals surface area contributed by atoms with Gasteiger partial charge in [0.1, 0.15) is 0 Å². The average molecular weight is 390 g/mol. The zero-order valence-corrected chi connectivity index (χ0v) is 15.4. The molecule has 0 aliphatic carbocycles. The number of benzene rings is 1. The van der Waals surface area contributed by atoms with Crippen LogP contribution in [-0.4, -0.2) is 66.7 Å². The molecule has 0 saturated carbocycles. The zero-order chi connectivity index (χ0) is 17.9. The number of hydrogen-bond donors (Lipinski definition) is 1. The second-order valence-corrected chi connectivity index (χ2v) is 9.68. The fourth-order valence-electron chi connectivity index (χ4n) is 2.82. The van der Waals surface area contributed by atoms with Gasteiger partial charge in [0.25, 0.3) is 0 Å². The molecule has 25 heavy (non-hydrogen) atoms. The van der Waals surface area contributed by atoms with Crippen LogP contribution in [0.1, 0.15) is 12.8 Å². The van der Waals surface area contributed by atoms with Crippen LogP contribution in [0.3, 0.4) is 0 Å². The molecular weight excluding hydrogens is 368 g/mol. The van der Waals surface area contributed by atoms with Crippen LogP contribution in [0.2, 0.25) is 0 Å². The third-order valence-corrected chi connectivity index (χ3v) is 7.62. The zero-order valence-electron chi connectivity index (χ0n) is 13.8. The van der Waals surface area contributed by atoms with Gasteiger partial charge in [-0.05, 0) is 37.1 Å². The molecule has 0 radical (unpaired) electrons. The standard InChI is InChI=1S/C15H22N2O6S2/c18-24(19,16-12-13-2-1-9-23-13)14-3-5-15(6-4-14)25(20,21)17-7-10-22-11-8-17/h3-6,13,16H,1-2,7-12H2. The number of nitrogens with one attached hydrogen (secondary N) is 1. The molecule has 1 unspecified atom stereocenters. The Kier molecular flexibility index (Phi) is 5.76. The molecule has 0 amide bonds. The van der Waals surface area contributed by atoms with Gasteiger partial charge in [0.2, 0.25) is 20.0 Å². The van der Waals surface area contributed by atoms with E-state index in [-0.39, 0.29) is 22.4 Å². The highest BCUT2D eigenvalue weighted by atomic mass is 32.2. The van der Waals surface area contributed by atoms with Crippen molar-refractivity contribution in [1.29, 1.82) is 0 Å². The second kappa shape index (κ2) is 7.68. The first kappa shape index (κ1) is 18.7. The molecule has 8 nitrogen and oxygen atoms in total. The lowest BCUT2D eigenvalue weighted by Crippen LogP contribution is -2.40. The normalized spacial score (nSPS) is 23.0. The molecule has 1 aromatic carbocycles. The summed E-state index contributed by atoms with van der Waals surface area (Å²) >= 11 is 0. The molecular formula is C15H22N2O6S2. The summed E-state index contributed by atoms with van der Waals surface area (Å²) in [5.41, 5.74) is 0. The lowest BCUT2D eigenvalue weighted by Gasteiger charge is -2.26. The number of rotatable bonds is 6. The van der Waals surface area contributed by atoms with Crippen LogP contribution >= 0.6 is 0 Å². The van der Waals surface area contributed by atoms with Gasteiger partial charge in [-0.3, -0.25) is 0 Å². The molecule has 2 heterocycles. The summed E-state index contributed by atoms with van der Waals surface area (Å²) in [6.45, 7) is 2.19. The molecule has 1 N–H and O–H groups in total. The molecule has 3 rings (SSSR count). The van der Waals surface area contributed by atoms with Gasteiger partial charge >= 0.3 is 0 Å². The summed E-state index contributed by atoms with van der Waals surface area (Å²) in [6.07, 6.45) is 1.66. The number of sulfonamides is 2. The smallest absolute Gasteiger partial charge is 0.243 e. The quantitative estimate of drug-likeness (QED) is 0.743. The Morgan fingerprint density at radius 3 is 2.24 bits per heavy atom. The van der Waals surface area contributed by atoms with E-state index in [9.17, 15) is 16.8 Å². The van der Waals surface area contributed by atoms with E-state index < -0.39 is 20.0 Å². The highest BCUT2D eigenvalue weighted by Gasteiger charge is 2.27. The molecule has 2 aliphatic heterocycles. The van der Waals surface area contributed by atoms with Crippen molar-refractivity contribution in [3.05, 3.63) is 24.3 Å². The first-order valence-corrected chi connectivity index (χ1v) is 11.1. The maximum absolute atomic E-state index is 12.5. The number of morpholine rings is 1. The third-order valence-electron chi connectivity index (χ3n) is 4.27.